The lowest BCUT2D eigenvalue weighted by molar-refractivity contribution is -0.0383. The smallest absolute Gasteiger partial charge is 0.255 e. The number of aliphatic hydroxyl groups excluding tert-OH is 1. The van der Waals surface area contributed by atoms with Crippen LogP contribution in [0, 0.1) is 12.8 Å². The van der Waals surface area contributed by atoms with E-state index in [4.69, 9.17) is 16.3 Å². The first-order chi connectivity index (χ1) is 10.6. The van der Waals surface area contributed by atoms with Gasteiger partial charge in [0.05, 0.1) is 35.9 Å². The molecule has 1 aliphatic carbocycles. The highest BCUT2D eigenvalue weighted by molar-refractivity contribution is 6.34. The zero-order valence-electron chi connectivity index (χ0n) is 12.8. The topological polar surface area (TPSA) is 49.8 Å². The van der Waals surface area contributed by atoms with Crippen molar-refractivity contribution in [3.63, 3.8) is 0 Å². The summed E-state index contributed by atoms with van der Waals surface area (Å²) in [6.07, 6.45) is 2.43. The Bertz CT molecular complexity index is 563. The zero-order valence-corrected chi connectivity index (χ0v) is 13.6. The first-order valence-electron chi connectivity index (χ1n) is 7.91. The van der Waals surface area contributed by atoms with Crippen LogP contribution in [0.25, 0.3) is 0 Å². The number of aliphatic hydroxyl groups is 1. The van der Waals surface area contributed by atoms with E-state index in [2.05, 4.69) is 0 Å². The quantitative estimate of drug-likeness (QED) is 0.910. The molecule has 4 nitrogen and oxygen atoms in total. The van der Waals surface area contributed by atoms with Gasteiger partial charge in [-0.3, -0.25) is 4.79 Å². The van der Waals surface area contributed by atoms with E-state index in [-0.39, 0.29) is 24.0 Å². The molecule has 1 aliphatic heterocycles. The van der Waals surface area contributed by atoms with E-state index in [1.165, 1.54) is 0 Å². The van der Waals surface area contributed by atoms with Crippen molar-refractivity contribution in [2.24, 2.45) is 5.92 Å². The summed E-state index contributed by atoms with van der Waals surface area (Å²) in [5, 5.41) is 10.7. The molecule has 5 heteroatoms. The predicted molar refractivity (Wildman–Crippen MR) is 85.2 cm³/mol. The SMILES string of the molecule is Cc1cccc(C(=O)N2CCOCC2C2CCCC2O)c1Cl. The van der Waals surface area contributed by atoms with Gasteiger partial charge in [-0.05, 0) is 31.4 Å². The monoisotopic (exact) mass is 323 g/mol. The van der Waals surface area contributed by atoms with Crippen LogP contribution in [0.5, 0.6) is 0 Å². The van der Waals surface area contributed by atoms with Crippen molar-refractivity contribution in [1.29, 1.82) is 0 Å². The molecule has 1 amide bonds. The second kappa shape index (κ2) is 6.57. The van der Waals surface area contributed by atoms with Crippen molar-refractivity contribution in [3.05, 3.63) is 34.3 Å². The molecule has 1 N–H and O–H groups in total. The van der Waals surface area contributed by atoms with Crippen LogP contribution in [0.15, 0.2) is 18.2 Å². The molecule has 1 heterocycles. The molecule has 1 aromatic carbocycles. The highest BCUT2D eigenvalue weighted by atomic mass is 35.5. The van der Waals surface area contributed by atoms with Gasteiger partial charge in [0.1, 0.15) is 0 Å². The third-order valence-corrected chi connectivity index (χ3v) is 5.38. The summed E-state index contributed by atoms with van der Waals surface area (Å²) in [6.45, 7) is 3.49. The molecule has 2 aliphatic rings. The summed E-state index contributed by atoms with van der Waals surface area (Å²) in [5.74, 6) is 0.0499. The van der Waals surface area contributed by atoms with Crippen LogP contribution in [-0.4, -0.2) is 47.8 Å². The minimum atomic E-state index is -0.338. The van der Waals surface area contributed by atoms with Crippen molar-refractivity contribution < 1.29 is 14.6 Å². The van der Waals surface area contributed by atoms with Gasteiger partial charge in [-0.1, -0.05) is 30.2 Å². The Morgan fingerprint density at radius 2 is 2.23 bits per heavy atom. The summed E-state index contributed by atoms with van der Waals surface area (Å²) in [5.41, 5.74) is 1.44. The van der Waals surface area contributed by atoms with Crippen LogP contribution in [-0.2, 0) is 4.74 Å². The molecule has 0 spiro atoms. The number of hydrogen-bond acceptors (Lipinski definition) is 3. The van der Waals surface area contributed by atoms with Gasteiger partial charge in [0.25, 0.3) is 5.91 Å². The van der Waals surface area contributed by atoms with Crippen molar-refractivity contribution in [3.8, 4) is 0 Å². The molecule has 0 aromatic heterocycles. The number of nitrogens with zero attached hydrogens (tertiary/aromatic N) is 1. The number of carbonyl (C=O) groups excluding carboxylic acids is 1. The normalized spacial score (nSPS) is 28.9. The van der Waals surface area contributed by atoms with Gasteiger partial charge in [0.2, 0.25) is 0 Å². The Hall–Kier alpha value is -1.10. The molecule has 120 valence electrons. The predicted octanol–water partition coefficient (Wildman–Crippen LogP) is 2.65. The fourth-order valence-electron chi connectivity index (χ4n) is 3.61. The Kier molecular flexibility index (Phi) is 4.71. The van der Waals surface area contributed by atoms with Crippen LogP contribution in [0.2, 0.25) is 5.02 Å². The molecular weight excluding hydrogens is 302 g/mol. The number of morpholine rings is 1. The van der Waals surface area contributed by atoms with E-state index in [0.717, 1.165) is 24.8 Å². The van der Waals surface area contributed by atoms with Gasteiger partial charge in [-0.2, -0.15) is 0 Å². The van der Waals surface area contributed by atoms with Crippen molar-refractivity contribution >= 4 is 17.5 Å². The lowest BCUT2D eigenvalue weighted by Gasteiger charge is -2.40. The average molecular weight is 324 g/mol. The largest absolute Gasteiger partial charge is 0.393 e. The summed E-state index contributed by atoms with van der Waals surface area (Å²) in [7, 11) is 0. The number of benzene rings is 1. The maximum Gasteiger partial charge on any atom is 0.255 e. The molecule has 22 heavy (non-hydrogen) atoms. The molecule has 1 aromatic rings. The van der Waals surface area contributed by atoms with Crippen LogP contribution < -0.4 is 0 Å². The molecule has 3 atom stereocenters. The highest BCUT2D eigenvalue weighted by Crippen LogP contribution is 2.33. The first kappa shape index (κ1) is 15.8. The summed E-state index contributed by atoms with van der Waals surface area (Å²) >= 11 is 6.32. The number of hydrogen-bond donors (Lipinski definition) is 1. The van der Waals surface area contributed by atoms with E-state index >= 15 is 0 Å². The third-order valence-electron chi connectivity index (χ3n) is 4.87. The van der Waals surface area contributed by atoms with E-state index in [1.807, 2.05) is 24.0 Å². The molecular formula is C17H22ClNO3. The number of carbonyl (C=O) groups is 1. The van der Waals surface area contributed by atoms with Crippen LogP contribution >= 0.6 is 11.6 Å². The molecule has 0 bridgehead atoms. The van der Waals surface area contributed by atoms with Crippen molar-refractivity contribution in [2.75, 3.05) is 19.8 Å². The number of rotatable bonds is 2. The average Bonchev–Trinajstić information content (AvgIpc) is 2.95. The molecule has 0 radical (unpaired) electrons. The molecule has 1 saturated carbocycles. The van der Waals surface area contributed by atoms with E-state index in [0.29, 0.717) is 30.3 Å². The fourth-order valence-corrected chi connectivity index (χ4v) is 3.82. The van der Waals surface area contributed by atoms with Gasteiger partial charge < -0.3 is 14.7 Å². The van der Waals surface area contributed by atoms with Gasteiger partial charge in [-0.15, -0.1) is 0 Å². The second-order valence-corrected chi connectivity index (χ2v) is 6.62. The highest BCUT2D eigenvalue weighted by Gasteiger charge is 2.40. The maximum atomic E-state index is 13.0. The number of ether oxygens (including phenoxy) is 1. The van der Waals surface area contributed by atoms with E-state index in [1.54, 1.807) is 6.07 Å². The van der Waals surface area contributed by atoms with Crippen LogP contribution in [0.4, 0.5) is 0 Å². The summed E-state index contributed by atoms with van der Waals surface area (Å²) in [4.78, 5) is 14.8. The Balaban J connectivity index is 1.87. The Morgan fingerprint density at radius 1 is 1.41 bits per heavy atom. The standard InChI is InChI=1S/C17H22ClNO3/c1-11-4-2-6-13(16(11)18)17(21)19-8-9-22-10-14(19)12-5-3-7-15(12)20/h2,4,6,12,14-15,20H,3,5,7-10H2,1H3. The number of aryl methyl sites for hydroxylation is 1. The molecule has 3 rings (SSSR count). The molecule has 3 unspecified atom stereocenters. The maximum absolute atomic E-state index is 13.0. The summed E-state index contributed by atoms with van der Waals surface area (Å²) < 4.78 is 5.58. The number of halogens is 1. The number of amides is 1. The van der Waals surface area contributed by atoms with Gasteiger partial charge in [0.15, 0.2) is 0 Å². The van der Waals surface area contributed by atoms with Crippen LogP contribution in [0.1, 0.15) is 35.2 Å². The van der Waals surface area contributed by atoms with Gasteiger partial charge in [0, 0.05) is 12.5 Å². The Morgan fingerprint density at radius 3 is 2.95 bits per heavy atom. The second-order valence-electron chi connectivity index (χ2n) is 6.24. The lowest BCUT2D eigenvalue weighted by atomic mass is 9.93. The first-order valence-corrected chi connectivity index (χ1v) is 8.29. The Labute approximate surface area is 136 Å². The van der Waals surface area contributed by atoms with E-state index < -0.39 is 0 Å². The van der Waals surface area contributed by atoms with Crippen molar-refractivity contribution in [1.82, 2.24) is 4.90 Å². The lowest BCUT2D eigenvalue weighted by Crippen LogP contribution is -2.53. The summed E-state index contributed by atoms with van der Waals surface area (Å²) in [6, 6.07) is 5.47. The zero-order chi connectivity index (χ0) is 15.7. The molecule has 2 fully saturated rings. The molecule has 1 saturated heterocycles. The van der Waals surface area contributed by atoms with Crippen molar-refractivity contribution in [2.45, 2.75) is 38.3 Å². The minimum Gasteiger partial charge on any atom is -0.393 e. The van der Waals surface area contributed by atoms with E-state index in [9.17, 15) is 9.90 Å². The minimum absolute atomic E-state index is 0.0545. The third kappa shape index (κ3) is 2.87. The van der Waals surface area contributed by atoms with Gasteiger partial charge >= 0.3 is 0 Å². The van der Waals surface area contributed by atoms with Gasteiger partial charge in [-0.25, -0.2) is 0 Å². The fraction of sp³-hybridized carbons (Fsp3) is 0.588. The van der Waals surface area contributed by atoms with Crippen LogP contribution in [0.3, 0.4) is 0 Å².